The van der Waals surface area contributed by atoms with E-state index < -0.39 is 34.4 Å². The van der Waals surface area contributed by atoms with Crippen LogP contribution in [0.5, 0.6) is 0 Å². The minimum atomic E-state index is -3.97. The summed E-state index contributed by atoms with van der Waals surface area (Å²) in [6.45, 7) is 0. The zero-order valence-electron chi connectivity index (χ0n) is 10.8. The van der Waals surface area contributed by atoms with Crippen LogP contribution in [0, 0.1) is 0 Å². The first kappa shape index (κ1) is 16.1. The maximum Gasteiger partial charge on any atom is 0.322 e. The SMILES string of the molecule is CN(C(CCC(=O)O)C(=O)O)S(=O)(=O)c1ccccc1. The molecular formula is C12H15NO6S. The van der Waals surface area contributed by atoms with Gasteiger partial charge in [-0.25, -0.2) is 8.42 Å². The Hall–Kier alpha value is -1.93. The second-order valence-electron chi connectivity index (χ2n) is 4.12. The highest BCUT2D eigenvalue weighted by Gasteiger charge is 2.32. The van der Waals surface area contributed by atoms with Crippen molar-refractivity contribution < 1.29 is 28.2 Å². The van der Waals surface area contributed by atoms with E-state index in [4.69, 9.17) is 10.2 Å². The summed E-state index contributed by atoms with van der Waals surface area (Å²) >= 11 is 0. The normalized spacial score (nSPS) is 13.1. The van der Waals surface area contributed by atoms with Crippen molar-refractivity contribution >= 4 is 22.0 Å². The topological polar surface area (TPSA) is 112 Å². The summed E-state index contributed by atoms with van der Waals surface area (Å²) in [5.74, 6) is -2.56. The third-order valence-corrected chi connectivity index (χ3v) is 4.66. The number of carbonyl (C=O) groups is 2. The fourth-order valence-electron chi connectivity index (χ4n) is 1.65. The number of carboxylic acids is 2. The van der Waals surface area contributed by atoms with Gasteiger partial charge < -0.3 is 10.2 Å². The van der Waals surface area contributed by atoms with Gasteiger partial charge in [0.05, 0.1) is 4.90 Å². The molecule has 0 heterocycles. The molecule has 0 saturated carbocycles. The van der Waals surface area contributed by atoms with E-state index in [2.05, 4.69) is 0 Å². The van der Waals surface area contributed by atoms with Crippen LogP contribution in [0.15, 0.2) is 35.2 Å². The van der Waals surface area contributed by atoms with Crippen LogP contribution in [0.25, 0.3) is 0 Å². The van der Waals surface area contributed by atoms with E-state index in [0.29, 0.717) is 4.31 Å². The number of likely N-dealkylation sites (N-methyl/N-ethyl adjacent to an activating group) is 1. The highest BCUT2D eigenvalue weighted by Crippen LogP contribution is 2.18. The lowest BCUT2D eigenvalue weighted by molar-refractivity contribution is -0.142. The number of aliphatic carboxylic acids is 2. The molecule has 2 N–H and O–H groups in total. The van der Waals surface area contributed by atoms with E-state index in [0.717, 1.165) is 7.05 Å². The number of hydrogen-bond donors (Lipinski definition) is 2. The Kier molecular flexibility index (Phi) is 5.23. The quantitative estimate of drug-likeness (QED) is 0.763. The smallest absolute Gasteiger partial charge is 0.322 e. The molecule has 20 heavy (non-hydrogen) atoms. The zero-order valence-corrected chi connectivity index (χ0v) is 11.6. The van der Waals surface area contributed by atoms with Crippen LogP contribution in [0.3, 0.4) is 0 Å². The van der Waals surface area contributed by atoms with Crippen molar-refractivity contribution in [1.82, 2.24) is 4.31 Å². The molecule has 0 saturated heterocycles. The van der Waals surface area contributed by atoms with Crippen LogP contribution < -0.4 is 0 Å². The van der Waals surface area contributed by atoms with Crippen LogP contribution in [-0.2, 0) is 19.6 Å². The van der Waals surface area contributed by atoms with Gasteiger partial charge in [-0.2, -0.15) is 4.31 Å². The maximum absolute atomic E-state index is 12.2. The molecule has 1 unspecified atom stereocenters. The standard InChI is InChI=1S/C12H15NO6S/c1-13(10(12(16)17)7-8-11(14)15)20(18,19)9-5-3-2-4-6-9/h2-6,10H,7-8H2,1H3,(H,14,15)(H,16,17). The van der Waals surface area contributed by atoms with E-state index in [1.807, 2.05) is 0 Å². The second-order valence-corrected chi connectivity index (χ2v) is 6.12. The summed E-state index contributed by atoms with van der Waals surface area (Å²) in [4.78, 5) is 21.6. The van der Waals surface area contributed by atoms with Crippen LogP contribution in [0.2, 0.25) is 0 Å². The molecule has 0 aromatic heterocycles. The minimum absolute atomic E-state index is 0.0379. The van der Waals surface area contributed by atoms with E-state index >= 15 is 0 Å². The Labute approximate surface area is 116 Å². The molecule has 0 aliphatic rings. The molecule has 1 rings (SSSR count). The molecule has 0 fully saturated rings. The Morgan fingerprint density at radius 3 is 2.20 bits per heavy atom. The summed E-state index contributed by atoms with van der Waals surface area (Å²) in [5, 5.41) is 17.7. The predicted molar refractivity (Wildman–Crippen MR) is 69.7 cm³/mol. The van der Waals surface area contributed by atoms with E-state index in [1.54, 1.807) is 6.07 Å². The van der Waals surface area contributed by atoms with Crippen molar-refractivity contribution in [2.45, 2.75) is 23.8 Å². The molecular weight excluding hydrogens is 286 g/mol. The van der Waals surface area contributed by atoms with Gasteiger partial charge in [-0.05, 0) is 18.6 Å². The van der Waals surface area contributed by atoms with Crippen molar-refractivity contribution in [2.24, 2.45) is 0 Å². The fourth-order valence-corrected chi connectivity index (χ4v) is 3.01. The molecule has 110 valence electrons. The molecule has 0 aliphatic heterocycles. The van der Waals surface area contributed by atoms with Gasteiger partial charge in [0, 0.05) is 13.5 Å². The molecule has 7 nitrogen and oxygen atoms in total. The summed E-state index contributed by atoms with van der Waals surface area (Å²) in [5.41, 5.74) is 0. The largest absolute Gasteiger partial charge is 0.481 e. The maximum atomic E-state index is 12.2. The van der Waals surface area contributed by atoms with Gasteiger partial charge in [0.15, 0.2) is 0 Å². The third kappa shape index (κ3) is 3.78. The van der Waals surface area contributed by atoms with Crippen LogP contribution >= 0.6 is 0 Å². The molecule has 8 heteroatoms. The Morgan fingerprint density at radius 2 is 1.75 bits per heavy atom. The zero-order chi connectivity index (χ0) is 15.3. The Bertz CT molecular complexity index is 583. The number of nitrogens with zero attached hydrogens (tertiary/aromatic N) is 1. The Balaban J connectivity index is 3.03. The molecule has 0 spiro atoms. The van der Waals surface area contributed by atoms with Crippen molar-refractivity contribution in [2.75, 3.05) is 7.05 Å². The van der Waals surface area contributed by atoms with Crippen LogP contribution in [0.1, 0.15) is 12.8 Å². The molecule has 1 aromatic rings. The predicted octanol–water partition coefficient (Wildman–Crippen LogP) is 0.625. The number of benzene rings is 1. The van der Waals surface area contributed by atoms with Gasteiger partial charge in [0.25, 0.3) is 0 Å². The van der Waals surface area contributed by atoms with Crippen molar-refractivity contribution in [3.63, 3.8) is 0 Å². The highest BCUT2D eigenvalue weighted by atomic mass is 32.2. The molecule has 0 aliphatic carbocycles. The fraction of sp³-hybridized carbons (Fsp3) is 0.333. The van der Waals surface area contributed by atoms with Gasteiger partial charge >= 0.3 is 11.9 Å². The average molecular weight is 301 g/mol. The first-order chi connectivity index (χ1) is 9.26. The summed E-state index contributed by atoms with van der Waals surface area (Å²) < 4.78 is 25.2. The van der Waals surface area contributed by atoms with Gasteiger partial charge in [-0.1, -0.05) is 18.2 Å². The Morgan fingerprint density at radius 1 is 1.20 bits per heavy atom. The monoisotopic (exact) mass is 301 g/mol. The first-order valence-electron chi connectivity index (χ1n) is 5.74. The third-order valence-electron chi connectivity index (χ3n) is 2.78. The van der Waals surface area contributed by atoms with Crippen molar-refractivity contribution in [1.29, 1.82) is 0 Å². The molecule has 0 radical (unpaired) electrons. The second kappa shape index (κ2) is 6.49. The summed E-state index contributed by atoms with van der Waals surface area (Å²) in [7, 11) is -2.84. The van der Waals surface area contributed by atoms with Gasteiger partial charge in [-0.15, -0.1) is 0 Å². The van der Waals surface area contributed by atoms with E-state index in [1.165, 1.54) is 24.3 Å². The molecule has 0 amide bonds. The van der Waals surface area contributed by atoms with E-state index in [9.17, 15) is 18.0 Å². The van der Waals surface area contributed by atoms with Crippen LogP contribution in [0.4, 0.5) is 0 Å². The number of hydrogen-bond acceptors (Lipinski definition) is 4. The highest BCUT2D eigenvalue weighted by molar-refractivity contribution is 7.89. The minimum Gasteiger partial charge on any atom is -0.481 e. The lowest BCUT2D eigenvalue weighted by Crippen LogP contribution is -2.42. The average Bonchev–Trinajstić information content (AvgIpc) is 2.39. The van der Waals surface area contributed by atoms with E-state index in [-0.39, 0.29) is 11.3 Å². The first-order valence-corrected chi connectivity index (χ1v) is 7.18. The summed E-state index contributed by atoms with van der Waals surface area (Å²) in [6, 6.07) is 5.96. The van der Waals surface area contributed by atoms with Crippen LogP contribution in [-0.4, -0.2) is 48.0 Å². The van der Waals surface area contributed by atoms with Gasteiger partial charge in [0.2, 0.25) is 10.0 Å². The number of carboxylic acid groups (broad SMARTS) is 2. The summed E-state index contributed by atoms with van der Waals surface area (Å²) in [6.07, 6.45) is -0.723. The molecule has 0 bridgehead atoms. The van der Waals surface area contributed by atoms with Crippen molar-refractivity contribution in [3.05, 3.63) is 30.3 Å². The lowest BCUT2D eigenvalue weighted by atomic mass is 10.1. The number of sulfonamides is 1. The van der Waals surface area contributed by atoms with Gasteiger partial charge in [0.1, 0.15) is 6.04 Å². The van der Waals surface area contributed by atoms with Crippen molar-refractivity contribution in [3.8, 4) is 0 Å². The number of rotatable bonds is 7. The molecule has 1 atom stereocenters. The molecule has 1 aromatic carbocycles. The lowest BCUT2D eigenvalue weighted by Gasteiger charge is -2.23. The van der Waals surface area contributed by atoms with Gasteiger partial charge in [-0.3, -0.25) is 9.59 Å².